The summed E-state index contributed by atoms with van der Waals surface area (Å²) in [4.78, 5) is 10.7. The third-order valence-corrected chi connectivity index (χ3v) is 3.18. The summed E-state index contributed by atoms with van der Waals surface area (Å²) in [6.07, 6.45) is 0.230. The molecule has 0 unspecified atom stereocenters. The van der Waals surface area contributed by atoms with Gasteiger partial charge in [0.1, 0.15) is 6.04 Å². The molecule has 2 rings (SSSR count). The van der Waals surface area contributed by atoms with Gasteiger partial charge in [0.25, 0.3) is 5.95 Å². The van der Waals surface area contributed by atoms with Gasteiger partial charge in [-0.1, -0.05) is 0 Å². The number of hydrogen-bond acceptors (Lipinski definition) is 8. The SMILES string of the molecule is Cc1nnc(Nc2sccc2C[C@H](N)C(=O)O)nn1. The highest BCUT2D eigenvalue weighted by molar-refractivity contribution is 7.14. The number of anilines is 2. The molecule has 0 saturated heterocycles. The number of rotatable bonds is 5. The van der Waals surface area contributed by atoms with Crippen LogP contribution in [0.25, 0.3) is 0 Å². The van der Waals surface area contributed by atoms with Crippen molar-refractivity contribution < 1.29 is 9.90 Å². The number of aromatic nitrogens is 4. The van der Waals surface area contributed by atoms with E-state index in [9.17, 15) is 4.79 Å². The molecule has 100 valence electrons. The number of nitrogens with zero attached hydrogens (tertiary/aromatic N) is 4. The van der Waals surface area contributed by atoms with Gasteiger partial charge < -0.3 is 16.2 Å². The molecule has 0 bridgehead atoms. The maximum Gasteiger partial charge on any atom is 0.320 e. The molecule has 0 aliphatic heterocycles. The van der Waals surface area contributed by atoms with E-state index in [1.807, 2.05) is 11.4 Å². The van der Waals surface area contributed by atoms with Crippen LogP contribution in [-0.2, 0) is 11.2 Å². The van der Waals surface area contributed by atoms with Crippen molar-refractivity contribution in [3.63, 3.8) is 0 Å². The standard InChI is InChI=1S/C10H12N6O2S/c1-5-13-15-10(16-14-5)12-8-6(2-3-19-8)4-7(11)9(17)18/h2-3,7H,4,11H2,1H3,(H,17,18)(H,12,15,16)/t7-/m0/s1. The summed E-state index contributed by atoms with van der Waals surface area (Å²) in [5, 5.41) is 29.5. The first kappa shape index (κ1) is 13.3. The largest absolute Gasteiger partial charge is 0.480 e. The van der Waals surface area contributed by atoms with E-state index in [0.29, 0.717) is 5.82 Å². The van der Waals surface area contributed by atoms with Crippen molar-refractivity contribution in [1.29, 1.82) is 0 Å². The zero-order valence-electron chi connectivity index (χ0n) is 10.1. The van der Waals surface area contributed by atoms with Crippen LogP contribution in [0, 0.1) is 6.92 Å². The Bertz CT molecular complexity index is 570. The molecular weight excluding hydrogens is 268 g/mol. The molecule has 19 heavy (non-hydrogen) atoms. The Morgan fingerprint density at radius 2 is 2.16 bits per heavy atom. The van der Waals surface area contributed by atoms with Crippen molar-refractivity contribution in [2.75, 3.05) is 5.32 Å². The molecule has 0 aromatic carbocycles. The number of hydrogen-bond donors (Lipinski definition) is 3. The van der Waals surface area contributed by atoms with Crippen molar-refractivity contribution >= 4 is 28.3 Å². The number of nitrogens with one attached hydrogen (secondary N) is 1. The highest BCUT2D eigenvalue weighted by Crippen LogP contribution is 2.26. The summed E-state index contributed by atoms with van der Waals surface area (Å²) < 4.78 is 0. The summed E-state index contributed by atoms with van der Waals surface area (Å²) in [5.41, 5.74) is 6.31. The van der Waals surface area contributed by atoms with E-state index >= 15 is 0 Å². The van der Waals surface area contributed by atoms with Crippen LogP contribution in [0.5, 0.6) is 0 Å². The molecule has 0 amide bonds. The molecule has 0 saturated carbocycles. The van der Waals surface area contributed by atoms with Gasteiger partial charge >= 0.3 is 5.97 Å². The summed E-state index contributed by atoms with van der Waals surface area (Å²) >= 11 is 1.41. The van der Waals surface area contributed by atoms with Crippen molar-refractivity contribution in [1.82, 2.24) is 20.4 Å². The third-order valence-electron chi connectivity index (χ3n) is 2.31. The van der Waals surface area contributed by atoms with E-state index in [1.165, 1.54) is 11.3 Å². The van der Waals surface area contributed by atoms with Gasteiger partial charge in [-0.15, -0.1) is 31.7 Å². The van der Waals surface area contributed by atoms with Gasteiger partial charge in [-0.25, -0.2) is 0 Å². The van der Waals surface area contributed by atoms with Crippen LogP contribution in [0.2, 0.25) is 0 Å². The van der Waals surface area contributed by atoms with Gasteiger partial charge in [-0.05, 0) is 23.9 Å². The fourth-order valence-corrected chi connectivity index (χ4v) is 2.18. The van der Waals surface area contributed by atoms with Crippen molar-refractivity contribution in [2.45, 2.75) is 19.4 Å². The maximum atomic E-state index is 10.7. The summed E-state index contributed by atoms with van der Waals surface area (Å²) in [7, 11) is 0. The van der Waals surface area contributed by atoms with Gasteiger partial charge in [-0.3, -0.25) is 4.79 Å². The first-order valence-corrected chi connectivity index (χ1v) is 6.30. The molecule has 2 aromatic rings. The Morgan fingerprint density at radius 1 is 1.47 bits per heavy atom. The van der Waals surface area contributed by atoms with E-state index in [2.05, 4.69) is 25.7 Å². The molecule has 4 N–H and O–H groups in total. The Kier molecular flexibility index (Phi) is 3.97. The quantitative estimate of drug-likeness (QED) is 0.715. The average Bonchev–Trinajstić information content (AvgIpc) is 2.79. The van der Waals surface area contributed by atoms with E-state index in [0.717, 1.165) is 10.6 Å². The Morgan fingerprint density at radius 3 is 2.79 bits per heavy atom. The number of aliphatic carboxylic acids is 1. The predicted molar refractivity (Wildman–Crippen MR) is 69.3 cm³/mol. The van der Waals surface area contributed by atoms with Gasteiger partial charge in [-0.2, -0.15) is 0 Å². The smallest absolute Gasteiger partial charge is 0.320 e. The Labute approximate surface area is 112 Å². The Balaban J connectivity index is 2.11. The lowest BCUT2D eigenvalue weighted by atomic mass is 10.1. The van der Waals surface area contributed by atoms with Crippen molar-refractivity contribution in [3.05, 3.63) is 22.8 Å². The summed E-state index contributed by atoms with van der Waals surface area (Å²) in [5.74, 6) is -0.296. The lowest BCUT2D eigenvalue weighted by Crippen LogP contribution is -2.32. The minimum absolute atomic E-state index is 0.230. The van der Waals surface area contributed by atoms with Crippen LogP contribution >= 0.6 is 11.3 Å². The molecular formula is C10H12N6O2S. The number of carbonyl (C=O) groups is 1. The van der Waals surface area contributed by atoms with Gasteiger partial charge in [0.2, 0.25) is 0 Å². The number of carboxylic acids is 1. The predicted octanol–water partition coefficient (Wildman–Crippen LogP) is 0.335. The van der Waals surface area contributed by atoms with E-state index in [-0.39, 0.29) is 12.4 Å². The van der Waals surface area contributed by atoms with Crippen LogP contribution in [-0.4, -0.2) is 37.5 Å². The zero-order chi connectivity index (χ0) is 13.8. The molecule has 1 atom stereocenters. The van der Waals surface area contributed by atoms with E-state index in [1.54, 1.807) is 6.92 Å². The molecule has 0 aliphatic carbocycles. The van der Waals surface area contributed by atoms with Crippen molar-refractivity contribution in [2.24, 2.45) is 5.73 Å². The first-order valence-electron chi connectivity index (χ1n) is 5.42. The number of carboxylic acid groups (broad SMARTS) is 1. The van der Waals surface area contributed by atoms with Gasteiger partial charge in [0.15, 0.2) is 5.82 Å². The monoisotopic (exact) mass is 280 g/mol. The number of aryl methyl sites for hydroxylation is 1. The second kappa shape index (κ2) is 5.67. The molecule has 2 heterocycles. The van der Waals surface area contributed by atoms with Crippen LogP contribution in [0.15, 0.2) is 11.4 Å². The van der Waals surface area contributed by atoms with E-state index < -0.39 is 12.0 Å². The molecule has 9 heteroatoms. The number of thiophene rings is 1. The normalized spacial score (nSPS) is 12.1. The molecule has 0 spiro atoms. The van der Waals surface area contributed by atoms with Crippen LogP contribution < -0.4 is 11.1 Å². The lowest BCUT2D eigenvalue weighted by molar-refractivity contribution is -0.138. The first-order chi connectivity index (χ1) is 9.06. The average molecular weight is 280 g/mol. The van der Waals surface area contributed by atoms with Gasteiger partial charge in [0, 0.05) is 6.42 Å². The Hall–Kier alpha value is -2.13. The third kappa shape index (κ3) is 3.42. The number of nitrogens with two attached hydrogens (primary N) is 1. The van der Waals surface area contributed by atoms with E-state index in [4.69, 9.17) is 10.8 Å². The van der Waals surface area contributed by atoms with Crippen LogP contribution in [0.1, 0.15) is 11.4 Å². The van der Waals surface area contributed by atoms with Gasteiger partial charge in [0.05, 0.1) is 5.00 Å². The second-order valence-corrected chi connectivity index (χ2v) is 4.74. The minimum atomic E-state index is -1.04. The lowest BCUT2D eigenvalue weighted by Gasteiger charge is -2.08. The fourth-order valence-electron chi connectivity index (χ4n) is 1.36. The molecule has 0 fully saturated rings. The highest BCUT2D eigenvalue weighted by atomic mass is 32.1. The molecule has 0 aliphatic rings. The highest BCUT2D eigenvalue weighted by Gasteiger charge is 2.16. The minimum Gasteiger partial charge on any atom is -0.480 e. The molecule has 8 nitrogen and oxygen atoms in total. The molecule has 2 aromatic heterocycles. The van der Waals surface area contributed by atoms with Crippen molar-refractivity contribution in [3.8, 4) is 0 Å². The van der Waals surface area contributed by atoms with Crippen LogP contribution in [0.3, 0.4) is 0 Å². The fraction of sp³-hybridized carbons (Fsp3) is 0.300. The second-order valence-electron chi connectivity index (χ2n) is 3.82. The topological polar surface area (TPSA) is 127 Å². The molecule has 0 radical (unpaired) electrons. The maximum absolute atomic E-state index is 10.7. The summed E-state index contributed by atoms with van der Waals surface area (Å²) in [6, 6.07) is 0.871. The van der Waals surface area contributed by atoms with Crippen LogP contribution in [0.4, 0.5) is 10.9 Å². The zero-order valence-corrected chi connectivity index (χ0v) is 10.9. The summed E-state index contributed by atoms with van der Waals surface area (Å²) in [6.45, 7) is 1.69.